The molecule has 1 aromatic heterocycles. The van der Waals surface area contributed by atoms with Gasteiger partial charge in [0, 0.05) is 11.6 Å². The van der Waals surface area contributed by atoms with Crippen molar-refractivity contribution in [2.45, 2.75) is 13.1 Å². The van der Waals surface area contributed by atoms with E-state index in [9.17, 15) is 23.3 Å². The van der Waals surface area contributed by atoms with Gasteiger partial charge in [0.1, 0.15) is 11.5 Å². The molecular formula is C17H13F3N4O2. The van der Waals surface area contributed by atoms with Gasteiger partial charge in [0.25, 0.3) is 5.69 Å². The summed E-state index contributed by atoms with van der Waals surface area (Å²) in [5, 5.41) is 15.5. The molecule has 2 N–H and O–H groups in total. The van der Waals surface area contributed by atoms with Crippen molar-refractivity contribution >= 4 is 11.5 Å². The molecular weight excluding hydrogens is 349 g/mol. The van der Waals surface area contributed by atoms with Gasteiger partial charge < -0.3 is 5.73 Å². The van der Waals surface area contributed by atoms with E-state index in [4.69, 9.17) is 5.73 Å². The van der Waals surface area contributed by atoms with E-state index in [2.05, 4.69) is 5.10 Å². The molecule has 0 amide bonds. The Morgan fingerprint density at radius 3 is 2.38 bits per heavy atom. The van der Waals surface area contributed by atoms with Crippen LogP contribution in [0.1, 0.15) is 11.3 Å². The Hall–Kier alpha value is -3.36. The van der Waals surface area contributed by atoms with Gasteiger partial charge in [0.15, 0.2) is 0 Å². The number of alkyl halides is 3. The standard InChI is InChI=1S/C17H13F3N4O2/c1-10-15(11-5-3-2-4-6-11)16(21)23(22-10)13-8-7-12(17(18,19)20)9-14(13)24(25)26/h2-9H,21H2,1H3. The zero-order valence-corrected chi connectivity index (χ0v) is 13.5. The number of nitrogens with two attached hydrogens (primary N) is 1. The second-order valence-corrected chi connectivity index (χ2v) is 5.58. The van der Waals surface area contributed by atoms with Gasteiger partial charge >= 0.3 is 6.18 Å². The van der Waals surface area contributed by atoms with Crippen LogP contribution in [0.5, 0.6) is 0 Å². The largest absolute Gasteiger partial charge is 0.416 e. The number of nitrogens with zero attached hydrogens (tertiary/aromatic N) is 3. The molecule has 2 aromatic carbocycles. The first-order valence-corrected chi connectivity index (χ1v) is 7.46. The fourth-order valence-electron chi connectivity index (χ4n) is 2.72. The minimum atomic E-state index is -4.69. The first-order valence-electron chi connectivity index (χ1n) is 7.46. The summed E-state index contributed by atoms with van der Waals surface area (Å²) in [6.45, 7) is 1.67. The third-order valence-electron chi connectivity index (χ3n) is 3.89. The van der Waals surface area contributed by atoms with E-state index in [1.165, 1.54) is 0 Å². The lowest BCUT2D eigenvalue weighted by molar-refractivity contribution is -0.384. The van der Waals surface area contributed by atoms with Gasteiger partial charge in [0.2, 0.25) is 0 Å². The van der Waals surface area contributed by atoms with Crippen LogP contribution in [0.2, 0.25) is 0 Å². The molecule has 9 heteroatoms. The summed E-state index contributed by atoms with van der Waals surface area (Å²) in [5.41, 5.74) is 5.97. The molecule has 0 saturated carbocycles. The van der Waals surface area contributed by atoms with Crippen LogP contribution in [-0.2, 0) is 6.18 Å². The number of nitro groups is 1. The van der Waals surface area contributed by atoms with Crippen molar-refractivity contribution in [3.8, 4) is 16.8 Å². The van der Waals surface area contributed by atoms with E-state index in [-0.39, 0.29) is 11.5 Å². The maximum atomic E-state index is 12.9. The highest BCUT2D eigenvalue weighted by Crippen LogP contribution is 2.37. The molecule has 1 heterocycles. The summed E-state index contributed by atoms with van der Waals surface area (Å²) in [6.07, 6.45) is -4.69. The number of anilines is 1. The molecule has 0 bridgehead atoms. The van der Waals surface area contributed by atoms with Crippen molar-refractivity contribution in [3.05, 3.63) is 69.9 Å². The van der Waals surface area contributed by atoms with E-state index in [0.717, 1.165) is 22.4 Å². The Kier molecular flexibility index (Phi) is 4.15. The average Bonchev–Trinajstić information content (AvgIpc) is 2.88. The highest BCUT2D eigenvalue weighted by atomic mass is 19.4. The minimum Gasteiger partial charge on any atom is -0.383 e. The van der Waals surface area contributed by atoms with E-state index < -0.39 is 22.4 Å². The summed E-state index contributed by atoms with van der Waals surface area (Å²) in [6, 6.07) is 11.3. The number of benzene rings is 2. The molecule has 6 nitrogen and oxygen atoms in total. The number of hydrogen-bond donors (Lipinski definition) is 1. The number of halogens is 3. The molecule has 0 atom stereocenters. The summed E-state index contributed by atoms with van der Waals surface area (Å²) >= 11 is 0. The SMILES string of the molecule is Cc1nn(-c2ccc(C(F)(F)F)cc2[N+](=O)[O-])c(N)c1-c1ccccc1. The maximum Gasteiger partial charge on any atom is 0.416 e. The highest BCUT2D eigenvalue weighted by molar-refractivity contribution is 5.78. The molecule has 26 heavy (non-hydrogen) atoms. The third kappa shape index (κ3) is 2.99. The van der Waals surface area contributed by atoms with Gasteiger partial charge in [-0.3, -0.25) is 10.1 Å². The molecule has 0 saturated heterocycles. The number of nitro benzene ring substituents is 1. The number of aromatic nitrogens is 2. The van der Waals surface area contributed by atoms with Gasteiger partial charge in [-0.05, 0) is 24.6 Å². The van der Waals surface area contributed by atoms with Gasteiger partial charge in [-0.15, -0.1) is 0 Å². The van der Waals surface area contributed by atoms with Crippen molar-refractivity contribution in [2.75, 3.05) is 5.73 Å². The fraction of sp³-hybridized carbons (Fsp3) is 0.118. The van der Waals surface area contributed by atoms with Crippen molar-refractivity contribution in [1.29, 1.82) is 0 Å². The van der Waals surface area contributed by atoms with Gasteiger partial charge in [-0.2, -0.15) is 18.3 Å². The first kappa shape index (κ1) is 17.5. The molecule has 0 radical (unpaired) electrons. The zero-order chi connectivity index (χ0) is 19.1. The van der Waals surface area contributed by atoms with E-state index in [1.807, 2.05) is 6.07 Å². The van der Waals surface area contributed by atoms with Crippen LogP contribution >= 0.6 is 0 Å². The van der Waals surface area contributed by atoms with Crippen LogP contribution in [0.25, 0.3) is 16.8 Å². The normalized spacial score (nSPS) is 11.5. The lowest BCUT2D eigenvalue weighted by Gasteiger charge is -2.10. The molecule has 0 spiro atoms. The Morgan fingerprint density at radius 1 is 1.15 bits per heavy atom. The quantitative estimate of drug-likeness (QED) is 0.554. The number of aryl methyl sites for hydroxylation is 1. The zero-order valence-electron chi connectivity index (χ0n) is 13.5. The predicted molar refractivity (Wildman–Crippen MR) is 89.8 cm³/mol. The Bertz CT molecular complexity index is 982. The monoisotopic (exact) mass is 362 g/mol. The van der Waals surface area contributed by atoms with Gasteiger partial charge in [-0.25, -0.2) is 4.68 Å². The number of rotatable bonds is 3. The fourth-order valence-corrected chi connectivity index (χ4v) is 2.72. The van der Waals surface area contributed by atoms with Gasteiger partial charge in [0.05, 0.1) is 16.2 Å². The van der Waals surface area contributed by atoms with Crippen LogP contribution < -0.4 is 5.73 Å². The maximum absolute atomic E-state index is 12.9. The molecule has 0 aliphatic carbocycles. The summed E-state index contributed by atoms with van der Waals surface area (Å²) in [7, 11) is 0. The van der Waals surface area contributed by atoms with Crippen LogP contribution in [0, 0.1) is 17.0 Å². The van der Waals surface area contributed by atoms with Crippen LogP contribution in [0.4, 0.5) is 24.7 Å². The van der Waals surface area contributed by atoms with Crippen molar-refractivity contribution in [1.82, 2.24) is 9.78 Å². The van der Waals surface area contributed by atoms with Crippen LogP contribution in [-0.4, -0.2) is 14.7 Å². The average molecular weight is 362 g/mol. The first-order chi connectivity index (χ1) is 12.2. The van der Waals surface area contributed by atoms with Crippen LogP contribution in [0.15, 0.2) is 48.5 Å². The molecule has 0 aliphatic rings. The molecule has 134 valence electrons. The second kappa shape index (κ2) is 6.17. The summed E-state index contributed by atoms with van der Waals surface area (Å²) in [4.78, 5) is 10.4. The lowest BCUT2D eigenvalue weighted by Crippen LogP contribution is -2.09. The molecule has 3 rings (SSSR count). The lowest BCUT2D eigenvalue weighted by atomic mass is 10.1. The van der Waals surface area contributed by atoms with Crippen molar-refractivity contribution in [3.63, 3.8) is 0 Å². The second-order valence-electron chi connectivity index (χ2n) is 5.58. The van der Waals surface area contributed by atoms with E-state index in [1.54, 1.807) is 31.2 Å². The molecule has 0 aliphatic heterocycles. The van der Waals surface area contributed by atoms with Gasteiger partial charge in [-0.1, -0.05) is 30.3 Å². The summed E-state index contributed by atoms with van der Waals surface area (Å²) in [5.74, 6) is 0.108. The Labute approximate surface area is 145 Å². The summed E-state index contributed by atoms with van der Waals surface area (Å²) < 4.78 is 39.7. The Morgan fingerprint density at radius 2 is 1.81 bits per heavy atom. The highest BCUT2D eigenvalue weighted by Gasteiger charge is 2.34. The molecule has 0 unspecified atom stereocenters. The number of hydrogen-bond acceptors (Lipinski definition) is 4. The van der Waals surface area contributed by atoms with Crippen molar-refractivity contribution < 1.29 is 18.1 Å². The minimum absolute atomic E-state index is 0.108. The van der Waals surface area contributed by atoms with E-state index in [0.29, 0.717) is 17.3 Å². The Balaban J connectivity index is 2.21. The smallest absolute Gasteiger partial charge is 0.383 e. The number of nitrogen functional groups attached to an aromatic ring is 1. The predicted octanol–water partition coefficient (Wildman–Crippen LogP) is 4.36. The topological polar surface area (TPSA) is 87.0 Å². The molecule has 3 aromatic rings. The molecule has 0 fully saturated rings. The van der Waals surface area contributed by atoms with Crippen LogP contribution in [0.3, 0.4) is 0 Å². The van der Waals surface area contributed by atoms with E-state index >= 15 is 0 Å². The van der Waals surface area contributed by atoms with Crippen molar-refractivity contribution in [2.24, 2.45) is 0 Å². The third-order valence-corrected chi connectivity index (χ3v) is 3.89.